The van der Waals surface area contributed by atoms with Gasteiger partial charge >= 0.3 is 0 Å². The second-order valence-corrected chi connectivity index (χ2v) is 3.70. The molecule has 0 bridgehead atoms. The monoisotopic (exact) mass is 191 g/mol. The van der Waals surface area contributed by atoms with E-state index in [1.165, 1.54) is 18.9 Å². The molecule has 2 rings (SSSR count). The number of hydrogen-bond acceptors (Lipinski definition) is 1. The van der Waals surface area contributed by atoms with Crippen molar-refractivity contribution >= 4 is 6.08 Å². The fourth-order valence-corrected chi connectivity index (χ4v) is 1.47. The van der Waals surface area contributed by atoms with Gasteiger partial charge in [0.15, 0.2) is 0 Å². The lowest BCUT2D eigenvalue weighted by molar-refractivity contribution is 0.619. The normalized spacial score (nSPS) is 15.5. The smallest absolute Gasteiger partial charge is 0.123 e. The molecule has 0 unspecified atom stereocenters. The number of nitrogens with one attached hydrogen (secondary N) is 1. The molecular weight excluding hydrogens is 177 g/mol. The molecule has 1 aliphatic carbocycles. The summed E-state index contributed by atoms with van der Waals surface area (Å²) in [6.07, 6.45) is 4.26. The third-order valence-electron chi connectivity index (χ3n) is 2.48. The third-order valence-corrected chi connectivity index (χ3v) is 2.48. The molecule has 2 heteroatoms. The molecule has 0 aromatic heterocycles. The van der Waals surface area contributed by atoms with Crippen molar-refractivity contribution in [2.24, 2.45) is 0 Å². The van der Waals surface area contributed by atoms with Gasteiger partial charge in [-0.15, -0.1) is 0 Å². The molecule has 0 atom stereocenters. The van der Waals surface area contributed by atoms with Crippen molar-refractivity contribution in [1.82, 2.24) is 5.32 Å². The molecule has 0 radical (unpaired) electrons. The number of halogens is 1. The van der Waals surface area contributed by atoms with E-state index in [9.17, 15) is 4.39 Å². The van der Waals surface area contributed by atoms with Crippen LogP contribution in [0.1, 0.15) is 24.0 Å². The number of benzene rings is 1. The van der Waals surface area contributed by atoms with E-state index in [-0.39, 0.29) is 5.82 Å². The van der Waals surface area contributed by atoms with Crippen LogP contribution in [0.2, 0.25) is 0 Å². The summed E-state index contributed by atoms with van der Waals surface area (Å²) in [5, 5.41) is 3.36. The maximum atomic E-state index is 13.0. The van der Waals surface area contributed by atoms with Crippen LogP contribution in [0, 0.1) is 5.82 Å². The van der Waals surface area contributed by atoms with Gasteiger partial charge in [0.25, 0.3) is 0 Å². The van der Waals surface area contributed by atoms with Gasteiger partial charge in [-0.3, -0.25) is 0 Å². The highest BCUT2D eigenvalue weighted by Crippen LogP contribution is 2.20. The van der Waals surface area contributed by atoms with Crippen LogP contribution in [-0.2, 0) is 6.54 Å². The zero-order valence-electron chi connectivity index (χ0n) is 8.09. The lowest BCUT2D eigenvalue weighted by Crippen LogP contribution is -2.16. The Labute approximate surface area is 83.6 Å². The predicted octanol–water partition coefficient (Wildman–Crippen LogP) is 2.72. The number of hydrogen-bond donors (Lipinski definition) is 1. The van der Waals surface area contributed by atoms with Gasteiger partial charge in [0.05, 0.1) is 0 Å². The minimum Gasteiger partial charge on any atom is -0.310 e. The minimum atomic E-state index is -0.178. The lowest BCUT2D eigenvalue weighted by Gasteiger charge is -2.07. The molecule has 0 heterocycles. The molecule has 1 fully saturated rings. The van der Waals surface area contributed by atoms with Crippen molar-refractivity contribution in [2.45, 2.75) is 25.4 Å². The van der Waals surface area contributed by atoms with Crippen LogP contribution in [0.4, 0.5) is 4.39 Å². The van der Waals surface area contributed by atoms with Crippen molar-refractivity contribution in [3.8, 4) is 0 Å². The fourth-order valence-electron chi connectivity index (χ4n) is 1.47. The maximum absolute atomic E-state index is 13.0. The Morgan fingerprint density at radius 2 is 2.29 bits per heavy atom. The van der Waals surface area contributed by atoms with Crippen LogP contribution in [0.25, 0.3) is 6.08 Å². The second-order valence-electron chi connectivity index (χ2n) is 3.70. The summed E-state index contributed by atoms with van der Waals surface area (Å²) in [5.74, 6) is -0.178. The summed E-state index contributed by atoms with van der Waals surface area (Å²) in [7, 11) is 0. The van der Waals surface area contributed by atoms with E-state index in [0.29, 0.717) is 6.04 Å². The summed E-state index contributed by atoms with van der Waals surface area (Å²) in [4.78, 5) is 0. The number of rotatable bonds is 4. The van der Waals surface area contributed by atoms with Gasteiger partial charge < -0.3 is 5.32 Å². The van der Waals surface area contributed by atoms with Crippen molar-refractivity contribution < 1.29 is 4.39 Å². The van der Waals surface area contributed by atoms with Gasteiger partial charge in [-0.05, 0) is 36.1 Å². The summed E-state index contributed by atoms with van der Waals surface area (Å²) in [6, 6.07) is 5.46. The molecular formula is C12H14FN. The van der Waals surface area contributed by atoms with Gasteiger partial charge in [0.2, 0.25) is 0 Å². The standard InChI is InChI=1S/C12H14FN/c1-2-9-3-4-11(13)7-10(9)8-14-12-5-6-12/h2-4,7,12,14H,1,5-6,8H2. The van der Waals surface area contributed by atoms with Gasteiger partial charge in [0, 0.05) is 12.6 Å². The minimum absolute atomic E-state index is 0.178. The quantitative estimate of drug-likeness (QED) is 0.771. The molecule has 0 aliphatic heterocycles. The molecule has 1 N–H and O–H groups in total. The predicted molar refractivity (Wildman–Crippen MR) is 56.4 cm³/mol. The first kappa shape index (κ1) is 9.41. The van der Waals surface area contributed by atoms with Gasteiger partial charge in [-0.2, -0.15) is 0 Å². The maximum Gasteiger partial charge on any atom is 0.123 e. The summed E-state index contributed by atoms with van der Waals surface area (Å²) >= 11 is 0. The molecule has 1 aliphatic rings. The van der Waals surface area contributed by atoms with Crippen LogP contribution < -0.4 is 5.32 Å². The highest BCUT2D eigenvalue weighted by Gasteiger charge is 2.20. The zero-order chi connectivity index (χ0) is 9.97. The van der Waals surface area contributed by atoms with Crippen molar-refractivity contribution in [3.63, 3.8) is 0 Å². The molecule has 74 valence electrons. The Morgan fingerprint density at radius 1 is 1.50 bits per heavy atom. The third kappa shape index (κ3) is 2.20. The van der Waals surface area contributed by atoms with E-state index < -0.39 is 0 Å². The first-order valence-electron chi connectivity index (χ1n) is 4.94. The van der Waals surface area contributed by atoms with Gasteiger partial charge in [-0.1, -0.05) is 18.7 Å². The summed E-state index contributed by atoms with van der Waals surface area (Å²) in [6.45, 7) is 4.45. The second kappa shape index (κ2) is 3.93. The Morgan fingerprint density at radius 3 is 2.93 bits per heavy atom. The van der Waals surface area contributed by atoms with E-state index in [0.717, 1.165) is 17.7 Å². The zero-order valence-corrected chi connectivity index (χ0v) is 8.09. The highest BCUT2D eigenvalue weighted by molar-refractivity contribution is 5.51. The average Bonchev–Trinajstić information content (AvgIpc) is 2.98. The van der Waals surface area contributed by atoms with Crippen molar-refractivity contribution in [3.05, 3.63) is 41.7 Å². The van der Waals surface area contributed by atoms with Crippen LogP contribution in [0.3, 0.4) is 0 Å². The van der Waals surface area contributed by atoms with Crippen LogP contribution in [-0.4, -0.2) is 6.04 Å². The average molecular weight is 191 g/mol. The molecule has 0 saturated heterocycles. The van der Waals surface area contributed by atoms with Crippen LogP contribution in [0.15, 0.2) is 24.8 Å². The van der Waals surface area contributed by atoms with E-state index in [1.54, 1.807) is 18.2 Å². The van der Waals surface area contributed by atoms with Crippen molar-refractivity contribution in [1.29, 1.82) is 0 Å². The lowest BCUT2D eigenvalue weighted by atomic mass is 10.1. The van der Waals surface area contributed by atoms with E-state index in [2.05, 4.69) is 11.9 Å². The first-order chi connectivity index (χ1) is 6.79. The largest absolute Gasteiger partial charge is 0.310 e. The molecule has 1 nitrogen and oxygen atoms in total. The Kier molecular flexibility index (Phi) is 2.64. The molecule has 1 aromatic rings. The van der Waals surface area contributed by atoms with Crippen molar-refractivity contribution in [2.75, 3.05) is 0 Å². The van der Waals surface area contributed by atoms with E-state index in [4.69, 9.17) is 0 Å². The Bertz CT molecular complexity index is 342. The van der Waals surface area contributed by atoms with Crippen LogP contribution >= 0.6 is 0 Å². The topological polar surface area (TPSA) is 12.0 Å². The van der Waals surface area contributed by atoms with E-state index in [1.807, 2.05) is 0 Å². The SMILES string of the molecule is C=Cc1ccc(F)cc1CNC1CC1. The van der Waals surface area contributed by atoms with Crippen LogP contribution in [0.5, 0.6) is 0 Å². The molecule has 0 spiro atoms. The molecule has 1 aromatic carbocycles. The summed E-state index contributed by atoms with van der Waals surface area (Å²) < 4.78 is 13.0. The molecule has 14 heavy (non-hydrogen) atoms. The van der Waals surface area contributed by atoms with E-state index >= 15 is 0 Å². The first-order valence-corrected chi connectivity index (χ1v) is 4.94. The highest BCUT2D eigenvalue weighted by atomic mass is 19.1. The summed E-state index contributed by atoms with van der Waals surface area (Å²) in [5.41, 5.74) is 2.01. The van der Waals surface area contributed by atoms with Gasteiger partial charge in [0.1, 0.15) is 5.82 Å². The van der Waals surface area contributed by atoms with Gasteiger partial charge in [-0.25, -0.2) is 4.39 Å². The molecule has 1 saturated carbocycles. The Balaban J connectivity index is 2.11. The molecule has 0 amide bonds. The Hall–Kier alpha value is -1.15. The fraction of sp³-hybridized carbons (Fsp3) is 0.333.